The Bertz CT molecular complexity index is 547. The number of carbonyl (C=O) groups excluding carboxylic acids is 1. The second kappa shape index (κ2) is 4.83. The number of hydrogen-bond donors (Lipinski definition) is 0. The Hall–Kier alpha value is -1.43. The Morgan fingerprint density at radius 3 is 2.76 bits per heavy atom. The molecular weight excluding hydrogens is 284 g/mol. The molecule has 0 aromatic carbocycles. The van der Waals surface area contributed by atoms with E-state index in [1.54, 1.807) is 9.42 Å². The van der Waals surface area contributed by atoms with E-state index in [1.807, 2.05) is 32.0 Å². The number of halogens is 1. The molecule has 17 heavy (non-hydrogen) atoms. The third-order valence-electron chi connectivity index (χ3n) is 2.65. The molecule has 0 saturated heterocycles. The fraction of sp³-hybridized carbons (Fsp3) is 0.364. The molecule has 0 atom stereocenters. The highest BCUT2D eigenvalue weighted by Gasteiger charge is 2.19. The van der Waals surface area contributed by atoms with Crippen LogP contribution in [-0.4, -0.2) is 38.7 Å². The first kappa shape index (κ1) is 12.0. The van der Waals surface area contributed by atoms with Gasteiger partial charge in [-0.25, -0.2) is 4.52 Å². The van der Waals surface area contributed by atoms with Crippen molar-refractivity contribution < 1.29 is 4.79 Å². The van der Waals surface area contributed by atoms with Crippen LogP contribution in [0.15, 0.2) is 22.8 Å². The van der Waals surface area contributed by atoms with Gasteiger partial charge in [0.2, 0.25) is 0 Å². The zero-order valence-electron chi connectivity index (χ0n) is 9.72. The lowest BCUT2D eigenvalue weighted by Gasteiger charge is -2.16. The van der Waals surface area contributed by atoms with Crippen molar-refractivity contribution >= 4 is 27.4 Å². The third-order valence-corrected chi connectivity index (χ3v) is 3.25. The van der Waals surface area contributed by atoms with Crippen LogP contribution in [0.5, 0.6) is 0 Å². The summed E-state index contributed by atoms with van der Waals surface area (Å²) in [6, 6.07) is 5.55. The first-order chi connectivity index (χ1) is 8.19. The molecule has 2 aromatic heterocycles. The average molecular weight is 297 g/mol. The highest BCUT2D eigenvalue weighted by atomic mass is 79.9. The van der Waals surface area contributed by atoms with Gasteiger partial charge in [-0.1, -0.05) is 11.3 Å². The Labute approximate surface area is 108 Å². The number of hydrogen-bond acceptors (Lipinski definition) is 3. The number of nitrogens with zero attached hydrogens (tertiary/aromatic N) is 4. The van der Waals surface area contributed by atoms with Gasteiger partial charge >= 0.3 is 0 Å². The maximum absolute atomic E-state index is 12.2. The summed E-state index contributed by atoms with van der Waals surface area (Å²) in [5.41, 5.74) is 1.12. The standard InChI is InChI=1S/C11H13BrN4O/c1-3-15(4-2)11(17)10-8-6-5-7-9(12)16(8)14-13-10/h5-7H,3-4H2,1-2H3. The minimum Gasteiger partial charge on any atom is -0.338 e. The second-order valence-corrected chi connectivity index (χ2v) is 4.37. The summed E-state index contributed by atoms with van der Waals surface area (Å²) >= 11 is 3.37. The van der Waals surface area contributed by atoms with Crippen LogP contribution in [0.3, 0.4) is 0 Å². The molecule has 2 aromatic rings. The highest BCUT2D eigenvalue weighted by Crippen LogP contribution is 2.16. The van der Waals surface area contributed by atoms with Crippen LogP contribution in [0.25, 0.3) is 5.52 Å². The van der Waals surface area contributed by atoms with Crippen LogP contribution in [0.2, 0.25) is 0 Å². The maximum atomic E-state index is 12.2. The van der Waals surface area contributed by atoms with Crippen LogP contribution in [0.1, 0.15) is 24.3 Å². The number of rotatable bonds is 3. The topological polar surface area (TPSA) is 50.5 Å². The molecule has 0 N–H and O–H groups in total. The zero-order valence-corrected chi connectivity index (χ0v) is 11.3. The van der Waals surface area contributed by atoms with Crippen LogP contribution in [0, 0.1) is 0 Å². The molecule has 0 saturated carbocycles. The van der Waals surface area contributed by atoms with Crippen molar-refractivity contribution in [3.8, 4) is 0 Å². The molecule has 90 valence electrons. The lowest BCUT2D eigenvalue weighted by molar-refractivity contribution is 0.0769. The molecule has 0 aliphatic carbocycles. The van der Waals surface area contributed by atoms with E-state index < -0.39 is 0 Å². The van der Waals surface area contributed by atoms with Gasteiger partial charge in [-0.3, -0.25) is 4.79 Å². The zero-order chi connectivity index (χ0) is 12.4. The summed E-state index contributed by atoms with van der Waals surface area (Å²) in [5.74, 6) is -0.0805. The van der Waals surface area contributed by atoms with Gasteiger partial charge in [-0.2, -0.15) is 0 Å². The van der Waals surface area contributed by atoms with Gasteiger partial charge in [0.15, 0.2) is 5.69 Å². The van der Waals surface area contributed by atoms with Crippen LogP contribution in [-0.2, 0) is 0 Å². The Kier molecular flexibility index (Phi) is 3.42. The van der Waals surface area contributed by atoms with Crippen molar-refractivity contribution in [3.05, 3.63) is 28.5 Å². The summed E-state index contributed by atoms with van der Waals surface area (Å²) in [4.78, 5) is 13.9. The summed E-state index contributed by atoms with van der Waals surface area (Å²) in [6.07, 6.45) is 0. The van der Waals surface area contributed by atoms with Crippen molar-refractivity contribution in [3.63, 3.8) is 0 Å². The molecule has 1 amide bonds. The van der Waals surface area contributed by atoms with E-state index in [0.29, 0.717) is 18.8 Å². The quantitative estimate of drug-likeness (QED) is 0.814. The SMILES string of the molecule is CCN(CC)C(=O)c1nnn2c(Br)cccc12. The normalized spacial score (nSPS) is 10.8. The highest BCUT2D eigenvalue weighted by molar-refractivity contribution is 9.10. The van der Waals surface area contributed by atoms with Crippen molar-refractivity contribution in [1.29, 1.82) is 0 Å². The minimum atomic E-state index is -0.0805. The number of amides is 1. The second-order valence-electron chi connectivity index (χ2n) is 3.56. The summed E-state index contributed by atoms with van der Waals surface area (Å²) in [6.45, 7) is 5.23. The molecule has 0 spiro atoms. The van der Waals surface area contributed by atoms with Gasteiger partial charge in [-0.05, 0) is 41.9 Å². The number of fused-ring (bicyclic) bond motifs is 1. The van der Waals surface area contributed by atoms with E-state index in [2.05, 4.69) is 26.2 Å². The van der Waals surface area contributed by atoms with Gasteiger partial charge in [-0.15, -0.1) is 5.10 Å². The number of carbonyl (C=O) groups is 1. The van der Waals surface area contributed by atoms with Crippen molar-refractivity contribution in [2.75, 3.05) is 13.1 Å². The molecule has 0 aliphatic heterocycles. The van der Waals surface area contributed by atoms with Crippen molar-refractivity contribution in [1.82, 2.24) is 19.7 Å². The predicted octanol–water partition coefficient (Wildman–Crippen LogP) is 1.97. The smallest absolute Gasteiger partial charge is 0.276 e. The van der Waals surface area contributed by atoms with Gasteiger partial charge in [0.1, 0.15) is 10.1 Å². The van der Waals surface area contributed by atoms with Crippen LogP contribution in [0.4, 0.5) is 0 Å². The fourth-order valence-electron chi connectivity index (χ4n) is 1.70. The molecule has 6 heteroatoms. The number of pyridine rings is 1. The first-order valence-corrected chi connectivity index (χ1v) is 6.27. The van der Waals surface area contributed by atoms with Gasteiger partial charge in [0.25, 0.3) is 5.91 Å². The summed E-state index contributed by atoms with van der Waals surface area (Å²) in [5, 5.41) is 7.93. The summed E-state index contributed by atoms with van der Waals surface area (Å²) < 4.78 is 2.39. The average Bonchev–Trinajstić information content (AvgIpc) is 2.75. The maximum Gasteiger partial charge on any atom is 0.276 e. The van der Waals surface area contributed by atoms with Crippen LogP contribution < -0.4 is 0 Å². The lowest BCUT2D eigenvalue weighted by Crippen LogP contribution is -2.30. The third kappa shape index (κ3) is 2.04. The van der Waals surface area contributed by atoms with Crippen molar-refractivity contribution in [2.45, 2.75) is 13.8 Å². The molecule has 5 nitrogen and oxygen atoms in total. The molecule has 0 radical (unpaired) electrons. The molecule has 0 unspecified atom stereocenters. The van der Waals surface area contributed by atoms with E-state index in [-0.39, 0.29) is 5.91 Å². The van der Waals surface area contributed by atoms with E-state index in [4.69, 9.17) is 0 Å². The minimum absolute atomic E-state index is 0.0805. The fourth-order valence-corrected chi connectivity index (χ4v) is 2.11. The Morgan fingerprint density at radius 1 is 1.41 bits per heavy atom. The van der Waals surface area contributed by atoms with Gasteiger partial charge < -0.3 is 4.90 Å². The molecule has 0 fully saturated rings. The molecular formula is C11H13BrN4O. The molecule has 0 bridgehead atoms. The van der Waals surface area contributed by atoms with E-state index in [9.17, 15) is 4.79 Å². The lowest BCUT2D eigenvalue weighted by atomic mass is 10.3. The van der Waals surface area contributed by atoms with Gasteiger partial charge in [0, 0.05) is 13.1 Å². The molecule has 2 rings (SSSR count). The van der Waals surface area contributed by atoms with Crippen LogP contribution >= 0.6 is 15.9 Å². The predicted molar refractivity (Wildman–Crippen MR) is 67.9 cm³/mol. The first-order valence-electron chi connectivity index (χ1n) is 5.48. The Balaban J connectivity index is 2.49. The van der Waals surface area contributed by atoms with Gasteiger partial charge in [0.05, 0.1) is 0 Å². The number of aromatic nitrogens is 3. The van der Waals surface area contributed by atoms with E-state index in [1.165, 1.54) is 0 Å². The van der Waals surface area contributed by atoms with Crippen molar-refractivity contribution in [2.24, 2.45) is 0 Å². The monoisotopic (exact) mass is 296 g/mol. The summed E-state index contributed by atoms with van der Waals surface area (Å²) in [7, 11) is 0. The Morgan fingerprint density at radius 2 is 2.12 bits per heavy atom. The molecule has 0 aliphatic rings. The molecule has 2 heterocycles. The largest absolute Gasteiger partial charge is 0.338 e. The van der Waals surface area contributed by atoms with E-state index >= 15 is 0 Å². The van der Waals surface area contributed by atoms with E-state index in [0.717, 1.165) is 10.1 Å².